The zero-order chi connectivity index (χ0) is 25.4. The number of aromatic nitrogens is 7. The van der Waals surface area contributed by atoms with Crippen LogP contribution in [0.15, 0.2) is 73.6 Å². The quantitative estimate of drug-likeness (QED) is 0.321. The lowest BCUT2D eigenvalue weighted by molar-refractivity contribution is -0.116. The van der Waals surface area contributed by atoms with Crippen molar-refractivity contribution in [3.63, 3.8) is 0 Å². The minimum atomic E-state index is -0.108. The maximum absolute atomic E-state index is 12.2. The zero-order valence-corrected chi connectivity index (χ0v) is 20.2. The topological polar surface area (TPSA) is 128 Å². The molecule has 0 radical (unpaired) electrons. The van der Waals surface area contributed by atoms with Crippen LogP contribution in [0.5, 0.6) is 0 Å². The molecule has 0 unspecified atom stereocenters. The van der Waals surface area contributed by atoms with Gasteiger partial charge in [0, 0.05) is 52.2 Å². The van der Waals surface area contributed by atoms with E-state index in [1.807, 2.05) is 49.3 Å². The van der Waals surface area contributed by atoms with Crippen molar-refractivity contribution in [1.29, 1.82) is 0 Å². The van der Waals surface area contributed by atoms with Crippen molar-refractivity contribution >= 4 is 33.4 Å². The van der Waals surface area contributed by atoms with Gasteiger partial charge in [-0.2, -0.15) is 5.10 Å². The van der Waals surface area contributed by atoms with E-state index < -0.39 is 0 Å². The molecule has 182 valence electrons. The molecule has 3 N–H and O–H groups in total. The van der Waals surface area contributed by atoms with Gasteiger partial charge in [0.2, 0.25) is 5.91 Å². The summed E-state index contributed by atoms with van der Waals surface area (Å²) in [5, 5.41) is 12.4. The molecule has 0 aromatic carbocycles. The van der Waals surface area contributed by atoms with Gasteiger partial charge in [-0.3, -0.25) is 29.8 Å². The largest absolute Gasteiger partial charge is 0.353 e. The molecular weight excluding hydrogens is 466 g/mol. The number of pyridine rings is 4. The first kappa shape index (κ1) is 22.5. The van der Waals surface area contributed by atoms with Gasteiger partial charge < -0.3 is 15.2 Å². The van der Waals surface area contributed by atoms with Gasteiger partial charge >= 0.3 is 0 Å². The molecule has 10 heteroatoms. The summed E-state index contributed by atoms with van der Waals surface area (Å²) in [5.74, 6) is -0.108. The zero-order valence-electron chi connectivity index (χ0n) is 20.2. The van der Waals surface area contributed by atoms with Crippen molar-refractivity contribution in [2.45, 2.75) is 0 Å². The first-order valence-electron chi connectivity index (χ1n) is 11.7. The number of anilines is 1. The van der Waals surface area contributed by atoms with E-state index in [0.29, 0.717) is 5.69 Å². The summed E-state index contributed by atoms with van der Waals surface area (Å²) in [6.45, 7) is 0.287. The normalized spacial score (nSPS) is 11.4. The molecule has 0 fully saturated rings. The Kier molecular flexibility index (Phi) is 5.62. The molecule has 10 nitrogen and oxygen atoms in total. The summed E-state index contributed by atoms with van der Waals surface area (Å²) >= 11 is 0. The van der Waals surface area contributed by atoms with E-state index in [4.69, 9.17) is 0 Å². The van der Waals surface area contributed by atoms with Crippen LogP contribution in [-0.2, 0) is 4.79 Å². The molecule has 6 rings (SSSR count). The molecule has 0 atom stereocenters. The monoisotopic (exact) mass is 489 g/mol. The van der Waals surface area contributed by atoms with Crippen LogP contribution in [0.25, 0.3) is 55.7 Å². The maximum atomic E-state index is 12.2. The Labute approximate surface area is 211 Å². The van der Waals surface area contributed by atoms with Crippen LogP contribution in [-0.4, -0.2) is 66.6 Å². The number of amides is 1. The number of aromatic amines is 2. The number of rotatable bonds is 6. The second kappa shape index (κ2) is 9.25. The molecule has 0 saturated carbocycles. The number of H-pyrrole nitrogens is 2. The number of carbonyl (C=O) groups excluding carboxylic acids is 1. The van der Waals surface area contributed by atoms with E-state index in [-0.39, 0.29) is 12.5 Å². The number of likely N-dealkylation sites (N-methyl/N-ethyl adjacent to an activating group) is 1. The van der Waals surface area contributed by atoms with E-state index in [2.05, 4.69) is 46.5 Å². The van der Waals surface area contributed by atoms with E-state index in [1.165, 1.54) is 0 Å². The second-order valence-electron chi connectivity index (χ2n) is 8.98. The average Bonchev–Trinajstić information content (AvgIpc) is 3.52. The third kappa shape index (κ3) is 4.41. The first-order valence-corrected chi connectivity index (χ1v) is 11.7. The smallest absolute Gasteiger partial charge is 0.238 e. The third-order valence-electron chi connectivity index (χ3n) is 5.96. The number of nitrogens with one attached hydrogen (secondary N) is 3. The lowest BCUT2D eigenvalue weighted by Gasteiger charge is -2.10. The molecule has 0 saturated heterocycles. The number of hydrogen-bond acceptors (Lipinski definition) is 7. The summed E-state index contributed by atoms with van der Waals surface area (Å²) in [7, 11) is 3.69. The number of carbonyl (C=O) groups is 1. The van der Waals surface area contributed by atoms with E-state index in [0.717, 1.165) is 55.7 Å². The molecule has 0 spiro atoms. The van der Waals surface area contributed by atoms with Crippen LogP contribution in [0.3, 0.4) is 0 Å². The summed E-state index contributed by atoms with van der Waals surface area (Å²) in [5.41, 5.74) is 7.33. The van der Waals surface area contributed by atoms with E-state index >= 15 is 0 Å². The molecule has 0 aliphatic carbocycles. The lowest BCUT2D eigenvalue weighted by atomic mass is 10.1. The van der Waals surface area contributed by atoms with Crippen molar-refractivity contribution in [2.75, 3.05) is 26.0 Å². The molecule has 0 bridgehead atoms. The molecule has 6 aromatic heterocycles. The van der Waals surface area contributed by atoms with E-state index in [9.17, 15) is 4.79 Å². The van der Waals surface area contributed by atoms with Crippen LogP contribution >= 0.6 is 0 Å². The fraction of sp³-hybridized carbons (Fsp3) is 0.111. The van der Waals surface area contributed by atoms with Gasteiger partial charge in [0.15, 0.2) is 0 Å². The minimum absolute atomic E-state index is 0.108. The highest BCUT2D eigenvalue weighted by Gasteiger charge is 2.16. The fourth-order valence-corrected chi connectivity index (χ4v) is 4.33. The average molecular weight is 490 g/mol. The molecule has 0 aliphatic heterocycles. The van der Waals surface area contributed by atoms with E-state index in [1.54, 1.807) is 37.2 Å². The van der Waals surface area contributed by atoms with Gasteiger partial charge in [0.05, 0.1) is 47.2 Å². The van der Waals surface area contributed by atoms with Gasteiger partial charge in [0.1, 0.15) is 5.69 Å². The Balaban J connectivity index is 1.38. The highest BCUT2D eigenvalue weighted by atomic mass is 16.2. The van der Waals surface area contributed by atoms with Crippen molar-refractivity contribution < 1.29 is 4.79 Å². The van der Waals surface area contributed by atoms with Crippen molar-refractivity contribution in [3.05, 3.63) is 73.6 Å². The van der Waals surface area contributed by atoms with Crippen LogP contribution < -0.4 is 5.32 Å². The Morgan fingerprint density at radius 1 is 0.892 bits per heavy atom. The van der Waals surface area contributed by atoms with Gasteiger partial charge in [-0.25, -0.2) is 0 Å². The first-order chi connectivity index (χ1) is 18.0. The molecule has 6 aromatic rings. The highest BCUT2D eigenvalue weighted by Crippen LogP contribution is 2.33. The summed E-state index contributed by atoms with van der Waals surface area (Å²) in [6, 6.07) is 11.7. The molecule has 1 amide bonds. The van der Waals surface area contributed by atoms with Gasteiger partial charge in [-0.1, -0.05) is 0 Å². The number of hydrogen-bond donors (Lipinski definition) is 3. The Morgan fingerprint density at radius 3 is 2.59 bits per heavy atom. The highest BCUT2D eigenvalue weighted by molar-refractivity contribution is 6.00. The molecule has 0 aliphatic rings. The van der Waals surface area contributed by atoms with Crippen LogP contribution in [0.1, 0.15) is 0 Å². The Hall–Kier alpha value is -4.96. The minimum Gasteiger partial charge on any atom is -0.353 e. The summed E-state index contributed by atoms with van der Waals surface area (Å²) < 4.78 is 0. The number of fused-ring (bicyclic) bond motifs is 2. The SMILES string of the molecule is CN(C)CC(=O)Nc1cncc(-c2cc3c(-c4cc5c(-c6cccnc6)nccc5[nH]4)n[nH]c3cn2)c1. The second-order valence-corrected chi connectivity index (χ2v) is 8.98. The van der Waals surface area contributed by atoms with Gasteiger partial charge in [-0.15, -0.1) is 0 Å². The predicted octanol–water partition coefficient (Wildman–Crippen LogP) is 4.13. The summed E-state index contributed by atoms with van der Waals surface area (Å²) in [6.07, 6.45) is 10.4. The van der Waals surface area contributed by atoms with Crippen LogP contribution in [0.4, 0.5) is 5.69 Å². The third-order valence-corrected chi connectivity index (χ3v) is 5.96. The number of nitrogens with zero attached hydrogens (tertiary/aromatic N) is 6. The predicted molar refractivity (Wildman–Crippen MR) is 143 cm³/mol. The van der Waals surface area contributed by atoms with Gasteiger partial charge in [-0.05, 0) is 50.5 Å². The van der Waals surface area contributed by atoms with Crippen molar-refractivity contribution in [1.82, 2.24) is 40.0 Å². The fourth-order valence-electron chi connectivity index (χ4n) is 4.33. The van der Waals surface area contributed by atoms with Crippen molar-refractivity contribution in [2.24, 2.45) is 0 Å². The van der Waals surface area contributed by atoms with Crippen LogP contribution in [0, 0.1) is 0 Å². The maximum Gasteiger partial charge on any atom is 0.238 e. The van der Waals surface area contributed by atoms with Gasteiger partial charge in [0.25, 0.3) is 0 Å². The Bertz CT molecular complexity index is 1740. The van der Waals surface area contributed by atoms with Crippen LogP contribution in [0.2, 0.25) is 0 Å². The molecular formula is C27H23N9O. The van der Waals surface area contributed by atoms with Crippen molar-refractivity contribution in [3.8, 4) is 33.9 Å². The standard InChI is InChI=1S/C27H23N9O/c1-36(2)15-25(37)32-18-8-17(12-29-13-18)22-9-20-24(14-31-22)34-35-27(20)23-10-19-21(33-23)5-7-30-26(19)16-4-3-6-28-11-16/h3-14,33H,15H2,1-2H3,(H,32,37)(H,34,35). The summed E-state index contributed by atoms with van der Waals surface area (Å²) in [4.78, 5) is 35.2. The lowest BCUT2D eigenvalue weighted by Crippen LogP contribution is -2.27. The molecule has 6 heterocycles. The molecule has 37 heavy (non-hydrogen) atoms. The Morgan fingerprint density at radius 2 is 1.76 bits per heavy atom.